The number of nitrogens with zero attached hydrogens (tertiary/aromatic N) is 2. The minimum atomic E-state index is -0.314. The topological polar surface area (TPSA) is 61.9 Å². The summed E-state index contributed by atoms with van der Waals surface area (Å²) in [4.78, 5) is 28.7. The van der Waals surface area contributed by atoms with Gasteiger partial charge in [0, 0.05) is 43.8 Å². The summed E-state index contributed by atoms with van der Waals surface area (Å²) in [6, 6.07) is 10.2. The first-order valence-corrected chi connectivity index (χ1v) is 12.8. The lowest BCUT2D eigenvalue weighted by atomic mass is 9.86. The van der Waals surface area contributed by atoms with E-state index in [1.165, 1.54) is 0 Å². The minimum Gasteiger partial charge on any atom is -0.450 e. The van der Waals surface area contributed by atoms with E-state index in [0.29, 0.717) is 12.5 Å². The molecule has 0 bridgehead atoms. The highest BCUT2D eigenvalue weighted by atomic mass is 16.5. The predicted molar refractivity (Wildman–Crippen MR) is 138 cm³/mol. The van der Waals surface area contributed by atoms with Crippen molar-refractivity contribution in [1.29, 1.82) is 0 Å². The Morgan fingerprint density at radius 1 is 1.12 bits per heavy atom. The zero-order valence-corrected chi connectivity index (χ0v) is 22.0. The van der Waals surface area contributed by atoms with Gasteiger partial charge < -0.3 is 19.9 Å². The lowest BCUT2D eigenvalue weighted by molar-refractivity contribution is -0.118. The van der Waals surface area contributed by atoms with E-state index in [2.05, 4.69) is 31.0 Å². The Balaban J connectivity index is 0.00000265. The van der Waals surface area contributed by atoms with Crippen LogP contribution in [0.3, 0.4) is 0 Å². The van der Waals surface area contributed by atoms with Gasteiger partial charge in [-0.1, -0.05) is 45.9 Å². The number of rotatable bonds is 10. The molecule has 0 aromatic heterocycles. The van der Waals surface area contributed by atoms with Gasteiger partial charge in [-0.3, -0.25) is 4.79 Å². The third-order valence-corrected chi connectivity index (χ3v) is 6.47. The molecule has 6 heteroatoms. The second-order valence-corrected chi connectivity index (χ2v) is 9.14. The van der Waals surface area contributed by atoms with Crippen LogP contribution in [0.4, 0.5) is 10.5 Å². The van der Waals surface area contributed by atoms with Crippen molar-refractivity contribution in [2.75, 3.05) is 31.1 Å². The molecule has 2 amide bonds. The van der Waals surface area contributed by atoms with E-state index in [1.54, 1.807) is 6.92 Å². The van der Waals surface area contributed by atoms with Gasteiger partial charge in [0.05, 0.1) is 6.61 Å². The van der Waals surface area contributed by atoms with Gasteiger partial charge in [0.15, 0.2) is 0 Å². The number of amides is 2. The number of likely N-dealkylation sites (tertiary alicyclic amines) is 1. The van der Waals surface area contributed by atoms with Gasteiger partial charge in [0.2, 0.25) is 5.91 Å². The molecule has 0 spiro atoms. The molecule has 1 aliphatic rings. The number of para-hydroxylation sites is 1. The smallest absolute Gasteiger partial charge is 0.407 e. The minimum absolute atomic E-state index is 0.107. The fourth-order valence-electron chi connectivity index (χ4n) is 4.63. The summed E-state index contributed by atoms with van der Waals surface area (Å²) in [6.07, 6.45) is 4.57. The first-order valence-electron chi connectivity index (χ1n) is 12.8. The first-order chi connectivity index (χ1) is 15.8. The number of ether oxygens (including phenoxy) is 1. The van der Waals surface area contributed by atoms with Crippen molar-refractivity contribution < 1.29 is 14.3 Å². The van der Waals surface area contributed by atoms with E-state index >= 15 is 0 Å². The van der Waals surface area contributed by atoms with E-state index < -0.39 is 0 Å². The van der Waals surface area contributed by atoms with Gasteiger partial charge in [-0.05, 0) is 64.0 Å². The van der Waals surface area contributed by atoms with Crippen LogP contribution < -0.4 is 10.2 Å². The summed E-state index contributed by atoms with van der Waals surface area (Å²) < 4.78 is 5.00. The van der Waals surface area contributed by atoms with E-state index in [9.17, 15) is 9.59 Å². The second kappa shape index (κ2) is 14.9. The van der Waals surface area contributed by atoms with Crippen molar-refractivity contribution in [3.8, 4) is 0 Å². The van der Waals surface area contributed by atoms with Crippen molar-refractivity contribution in [3.05, 3.63) is 30.3 Å². The zero-order chi connectivity index (χ0) is 24.9. The Morgan fingerprint density at radius 2 is 1.73 bits per heavy atom. The molecule has 0 aliphatic carbocycles. The van der Waals surface area contributed by atoms with Crippen LogP contribution in [-0.2, 0) is 9.53 Å². The maximum absolute atomic E-state index is 12.5. The van der Waals surface area contributed by atoms with Crippen LogP contribution in [-0.4, -0.2) is 54.7 Å². The quantitative estimate of drug-likeness (QED) is 0.474. The number of hydrogen-bond donors (Lipinski definition) is 1. The fourth-order valence-corrected chi connectivity index (χ4v) is 4.63. The third kappa shape index (κ3) is 9.36. The molecule has 2 atom stereocenters. The van der Waals surface area contributed by atoms with Crippen LogP contribution in [0.5, 0.6) is 0 Å². The van der Waals surface area contributed by atoms with Gasteiger partial charge in [-0.2, -0.15) is 0 Å². The van der Waals surface area contributed by atoms with Crippen LogP contribution in [0, 0.1) is 5.92 Å². The maximum atomic E-state index is 12.5. The van der Waals surface area contributed by atoms with Gasteiger partial charge in [0.1, 0.15) is 0 Å². The number of alkyl carbamates (subject to hydrolysis) is 1. The van der Waals surface area contributed by atoms with Gasteiger partial charge in [0.25, 0.3) is 0 Å². The molecule has 2 unspecified atom stereocenters. The van der Waals surface area contributed by atoms with Crippen molar-refractivity contribution in [2.45, 2.75) is 92.2 Å². The monoisotopic (exact) mass is 461 g/mol. The van der Waals surface area contributed by atoms with E-state index in [1.807, 2.05) is 56.0 Å². The van der Waals surface area contributed by atoms with Crippen LogP contribution in [0.25, 0.3) is 0 Å². The van der Waals surface area contributed by atoms with E-state index in [0.717, 1.165) is 57.4 Å². The van der Waals surface area contributed by atoms with E-state index in [4.69, 9.17) is 4.74 Å². The molecule has 6 nitrogen and oxygen atoms in total. The molecule has 0 radical (unpaired) electrons. The molecular formula is C27H47N3O3. The lowest BCUT2D eigenvalue weighted by Crippen LogP contribution is -2.56. The average molecular weight is 462 g/mol. The molecule has 1 fully saturated rings. The Morgan fingerprint density at radius 3 is 2.24 bits per heavy atom. The standard InChI is InChI=1S/C25H41N3O3.C2H6/c1-6-22(26-24(30)31-7-2)14-13-20(3)19-27-17-15-25(5,16-18-27)28(21(4)29)23-11-9-8-10-12-23;1-2/h8-12,20,22H,6-7,13-19H2,1-5H3,(H,26,30);1-2H3. The lowest BCUT2D eigenvalue weighted by Gasteiger charge is -2.47. The SMILES string of the molecule is CC.CCOC(=O)NC(CC)CCC(C)CN1CCC(C)(N(C(C)=O)c2ccccc2)CC1. The number of carbonyl (C=O) groups is 2. The number of piperidine rings is 1. The third-order valence-electron chi connectivity index (χ3n) is 6.47. The van der Waals surface area contributed by atoms with Crippen molar-refractivity contribution in [3.63, 3.8) is 0 Å². The second-order valence-electron chi connectivity index (χ2n) is 9.14. The maximum Gasteiger partial charge on any atom is 0.407 e. The van der Waals surface area contributed by atoms with Crippen LogP contribution in [0.1, 0.15) is 80.6 Å². The van der Waals surface area contributed by atoms with Crippen LogP contribution in [0.2, 0.25) is 0 Å². The number of hydrogen-bond acceptors (Lipinski definition) is 4. The summed E-state index contributed by atoms with van der Waals surface area (Å²) in [5.74, 6) is 0.663. The molecule has 1 N–H and O–H groups in total. The zero-order valence-electron chi connectivity index (χ0n) is 22.0. The Labute approximate surface area is 202 Å². The largest absolute Gasteiger partial charge is 0.450 e. The molecule has 1 saturated heterocycles. The number of carbonyl (C=O) groups excluding carboxylic acids is 2. The fraction of sp³-hybridized carbons (Fsp3) is 0.704. The molecule has 1 aromatic rings. The number of nitrogens with one attached hydrogen (secondary N) is 1. The predicted octanol–water partition coefficient (Wildman–Crippen LogP) is 5.86. The highest BCUT2D eigenvalue weighted by molar-refractivity contribution is 5.93. The molecule has 1 aliphatic heterocycles. The van der Waals surface area contributed by atoms with Crippen molar-refractivity contribution in [1.82, 2.24) is 10.2 Å². The molecule has 1 heterocycles. The Bertz CT molecular complexity index is 687. The highest BCUT2D eigenvalue weighted by Gasteiger charge is 2.38. The average Bonchev–Trinajstić information content (AvgIpc) is 2.80. The van der Waals surface area contributed by atoms with Crippen LogP contribution >= 0.6 is 0 Å². The first kappa shape index (κ1) is 29.0. The van der Waals surface area contributed by atoms with Crippen molar-refractivity contribution in [2.24, 2.45) is 5.92 Å². The molecule has 2 rings (SSSR count). The summed E-state index contributed by atoms with van der Waals surface area (Å²) >= 11 is 0. The summed E-state index contributed by atoms with van der Waals surface area (Å²) in [7, 11) is 0. The van der Waals surface area contributed by atoms with E-state index in [-0.39, 0.29) is 23.6 Å². The molecule has 0 saturated carbocycles. The normalized spacial score (nSPS) is 17.2. The van der Waals surface area contributed by atoms with Crippen LogP contribution in [0.15, 0.2) is 30.3 Å². The summed E-state index contributed by atoms with van der Waals surface area (Å²) in [5.41, 5.74) is 0.836. The molecule has 1 aromatic carbocycles. The van der Waals surface area contributed by atoms with Gasteiger partial charge in [-0.25, -0.2) is 4.79 Å². The summed E-state index contributed by atoms with van der Waals surface area (Å²) in [6.45, 7) is 17.5. The Hall–Kier alpha value is -2.08. The van der Waals surface area contributed by atoms with Gasteiger partial charge >= 0.3 is 6.09 Å². The number of anilines is 1. The Kier molecular flexibility index (Phi) is 13.1. The highest BCUT2D eigenvalue weighted by Crippen LogP contribution is 2.33. The molecular weight excluding hydrogens is 414 g/mol. The molecule has 33 heavy (non-hydrogen) atoms. The van der Waals surface area contributed by atoms with Crippen molar-refractivity contribution >= 4 is 17.7 Å². The number of benzene rings is 1. The summed E-state index contributed by atoms with van der Waals surface area (Å²) in [5, 5.41) is 2.96. The van der Waals surface area contributed by atoms with Gasteiger partial charge in [-0.15, -0.1) is 0 Å². The molecule has 188 valence electrons.